The smallest absolute Gasteiger partial charge is 0.281 e. The number of aryl methyl sites for hydroxylation is 2. The van der Waals surface area contributed by atoms with Crippen LogP contribution in [0.2, 0.25) is 5.15 Å². The number of benzene rings is 2. The first-order chi connectivity index (χ1) is 14.3. The van der Waals surface area contributed by atoms with E-state index in [1.165, 1.54) is 17.7 Å². The summed E-state index contributed by atoms with van der Waals surface area (Å²) in [5, 5.41) is 7.87. The summed E-state index contributed by atoms with van der Waals surface area (Å²) in [6.07, 6.45) is 1.60. The molecule has 1 aliphatic rings. The minimum atomic E-state index is -0.531. The van der Waals surface area contributed by atoms with Gasteiger partial charge in [-0.15, -0.1) is 0 Å². The van der Waals surface area contributed by atoms with Crippen molar-refractivity contribution in [3.05, 3.63) is 87.6 Å². The topological polar surface area (TPSA) is 50.2 Å². The number of thiocarbonyl (C=S) groups is 1. The summed E-state index contributed by atoms with van der Waals surface area (Å²) in [6, 6.07) is 14.1. The summed E-state index contributed by atoms with van der Waals surface area (Å²) in [5.74, 6) is -0.983. The van der Waals surface area contributed by atoms with Crippen LogP contribution in [0.3, 0.4) is 0 Å². The van der Waals surface area contributed by atoms with Crippen molar-refractivity contribution in [3.63, 3.8) is 0 Å². The molecular weight excluding hydrogens is 423 g/mol. The Bertz CT molecular complexity index is 1190. The summed E-state index contributed by atoms with van der Waals surface area (Å²) < 4.78 is 15.9. The highest BCUT2D eigenvalue weighted by atomic mass is 35.5. The number of carbonyl (C=O) groups excluding carboxylic acids is 1. The van der Waals surface area contributed by atoms with Gasteiger partial charge in [0.2, 0.25) is 0 Å². The zero-order valence-electron chi connectivity index (χ0n) is 16.3. The average Bonchev–Trinajstić information content (AvgIpc) is 3.14. The quantitative estimate of drug-likeness (QED) is 0.475. The maximum atomic E-state index is 14.2. The molecule has 0 radical (unpaired) electrons. The van der Waals surface area contributed by atoms with Gasteiger partial charge in [-0.25, -0.2) is 14.0 Å². The van der Waals surface area contributed by atoms with E-state index >= 15 is 0 Å². The fourth-order valence-electron chi connectivity index (χ4n) is 3.23. The van der Waals surface area contributed by atoms with Gasteiger partial charge in [-0.05, 0) is 49.8 Å². The van der Waals surface area contributed by atoms with Crippen LogP contribution in [0.4, 0.5) is 10.1 Å². The molecule has 0 spiro atoms. The van der Waals surface area contributed by atoms with E-state index in [-0.39, 0.29) is 16.5 Å². The molecule has 0 saturated carbocycles. The van der Waals surface area contributed by atoms with E-state index in [0.29, 0.717) is 23.0 Å². The molecule has 3 aromatic rings. The Labute approximate surface area is 183 Å². The van der Waals surface area contributed by atoms with Crippen molar-refractivity contribution in [1.82, 2.24) is 15.1 Å². The number of para-hydroxylation sites is 1. The predicted octanol–water partition coefficient (Wildman–Crippen LogP) is 4.60. The van der Waals surface area contributed by atoms with Gasteiger partial charge in [-0.3, -0.25) is 4.79 Å². The Morgan fingerprint density at radius 2 is 1.87 bits per heavy atom. The van der Waals surface area contributed by atoms with E-state index in [4.69, 9.17) is 23.8 Å². The molecule has 30 heavy (non-hydrogen) atoms. The fourth-order valence-corrected chi connectivity index (χ4v) is 3.81. The molecule has 4 rings (SSSR count). The van der Waals surface area contributed by atoms with Gasteiger partial charge in [0.05, 0.1) is 17.9 Å². The lowest BCUT2D eigenvalue weighted by atomic mass is 10.1. The Balaban J connectivity index is 1.64. The molecule has 2 heterocycles. The summed E-state index contributed by atoms with van der Waals surface area (Å²) >= 11 is 11.8. The number of hydrogen-bond donors (Lipinski definition) is 1. The maximum absolute atomic E-state index is 14.2. The molecule has 2 aromatic carbocycles. The summed E-state index contributed by atoms with van der Waals surface area (Å²) in [4.78, 5) is 14.0. The molecule has 152 valence electrons. The molecular formula is C22H18ClFN4OS. The molecule has 5 nitrogen and oxygen atoms in total. The number of rotatable bonds is 4. The van der Waals surface area contributed by atoms with Gasteiger partial charge in [-0.2, -0.15) is 5.10 Å². The van der Waals surface area contributed by atoms with Crippen molar-refractivity contribution in [3.8, 4) is 0 Å². The lowest BCUT2D eigenvalue weighted by Crippen LogP contribution is -2.31. The second kappa shape index (κ2) is 8.01. The largest absolute Gasteiger partial charge is 0.327 e. The second-order valence-electron chi connectivity index (χ2n) is 7.01. The van der Waals surface area contributed by atoms with E-state index in [1.807, 2.05) is 38.1 Å². The summed E-state index contributed by atoms with van der Waals surface area (Å²) in [5.41, 5.74) is 3.82. The first-order valence-electron chi connectivity index (χ1n) is 9.25. The minimum absolute atomic E-state index is 0.0984. The lowest BCUT2D eigenvalue weighted by molar-refractivity contribution is -0.113. The van der Waals surface area contributed by atoms with Crippen LogP contribution in [-0.2, 0) is 11.3 Å². The maximum Gasteiger partial charge on any atom is 0.281 e. The van der Waals surface area contributed by atoms with Gasteiger partial charge in [-0.1, -0.05) is 53.6 Å². The normalized spacial score (nSPS) is 15.2. The molecule has 1 saturated heterocycles. The zero-order chi connectivity index (χ0) is 21.4. The van der Waals surface area contributed by atoms with Gasteiger partial charge in [0.1, 0.15) is 16.7 Å². The van der Waals surface area contributed by atoms with Crippen molar-refractivity contribution in [2.75, 3.05) is 4.90 Å². The number of nitrogens with one attached hydrogen (secondary N) is 1. The van der Waals surface area contributed by atoms with E-state index in [0.717, 1.165) is 10.5 Å². The summed E-state index contributed by atoms with van der Waals surface area (Å²) in [7, 11) is 0. The molecule has 1 fully saturated rings. The van der Waals surface area contributed by atoms with Crippen LogP contribution in [0.1, 0.15) is 22.4 Å². The van der Waals surface area contributed by atoms with Crippen LogP contribution in [0.5, 0.6) is 0 Å². The Morgan fingerprint density at radius 3 is 2.57 bits per heavy atom. The molecule has 1 N–H and O–H groups in total. The fraction of sp³-hybridized carbons (Fsp3) is 0.136. The van der Waals surface area contributed by atoms with Gasteiger partial charge in [0, 0.05) is 5.56 Å². The molecule has 0 aliphatic carbocycles. The molecule has 1 aromatic heterocycles. The average molecular weight is 441 g/mol. The van der Waals surface area contributed by atoms with Crippen LogP contribution in [0.25, 0.3) is 6.08 Å². The van der Waals surface area contributed by atoms with Gasteiger partial charge < -0.3 is 5.32 Å². The lowest BCUT2D eigenvalue weighted by Gasteiger charge is -2.14. The first-order valence-corrected chi connectivity index (χ1v) is 10.0. The standard InChI is InChI=1S/C22H18ClFN4OS/c1-13-7-9-15(10-8-13)12-27-20(23)16(14(2)26-27)11-18-21(29)28(22(30)25-18)19-6-4-3-5-17(19)24/h3-11H,12H2,1-2H3,(H,25,30)/b18-11-. The number of hydrogen-bond acceptors (Lipinski definition) is 3. The van der Waals surface area contributed by atoms with Crippen LogP contribution >= 0.6 is 23.8 Å². The van der Waals surface area contributed by atoms with E-state index in [1.54, 1.807) is 22.9 Å². The van der Waals surface area contributed by atoms with Crippen molar-refractivity contribution in [2.24, 2.45) is 0 Å². The molecule has 1 amide bonds. The van der Waals surface area contributed by atoms with E-state index in [2.05, 4.69) is 10.4 Å². The van der Waals surface area contributed by atoms with Crippen LogP contribution in [0, 0.1) is 19.7 Å². The predicted molar refractivity (Wildman–Crippen MR) is 120 cm³/mol. The van der Waals surface area contributed by atoms with Crippen molar-refractivity contribution < 1.29 is 9.18 Å². The monoisotopic (exact) mass is 440 g/mol. The van der Waals surface area contributed by atoms with Crippen LogP contribution < -0.4 is 10.2 Å². The third-order valence-corrected chi connectivity index (χ3v) is 5.51. The Morgan fingerprint density at radius 1 is 1.17 bits per heavy atom. The summed E-state index contributed by atoms with van der Waals surface area (Å²) in [6.45, 7) is 4.35. The molecule has 1 aliphatic heterocycles. The highest BCUT2D eigenvalue weighted by Crippen LogP contribution is 2.28. The molecule has 0 unspecified atom stereocenters. The zero-order valence-corrected chi connectivity index (χ0v) is 17.9. The Kier molecular flexibility index (Phi) is 5.40. The number of nitrogens with zero attached hydrogens (tertiary/aromatic N) is 3. The highest BCUT2D eigenvalue weighted by molar-refractivity contribution is 7.80. The third kappa shape index (κ3) is 3.74. The highest BCUT2D eigenvalue weighted by Gasteiger charge is 2.34. The number of halogens is 2. The molecule has 0 atom stereocenters. The van der Waals surface area contributed by atoms with Crippen molar-refractivity contribution in [2.45, 2.75) is 20.4 Å². The number of anilines is 1. The third-order valence-electron chi connectivity index (χ3n) is 4.82. The molecule has 0 bridgehead atoms. The number of carbonyl (C=O) groups is 1. The van der Waals surface area contributed by atoms with Gasteiger partial charge in [0.15, 0.2) is 5.11 Å². The van der Waals surface area contributed by atoms with Gasteiger partial charge in [0.25, 0.3) is 5.91 Å². The van der Waals surface area contributed by atoms with E-state index < -0.39 is 11.7 Å². The van der Waals surface area contributed by atoms with E-state index in [9.17, 15) is 9.18 Å². The second-order valence-corrected chi connectivity index (χ2v) is 7.76. The van der Waals surface area contributed by atoms with Gasteiger partial charge >= 0.3 is 0 Å². The SMILES string of the molecule is Cc1ccc(Cn2nc(C)c(/C=C3\NC(=S)N(c4ccccc4F)C3=O)c2Cl)cc1. The van der Waals surface area contributed by atoms with Crippen LogP contribution in [0.15, 0.2) is 54.2 Å². The number of amides is 1. The van der Waals surface area contributed by atoms with Crippen molar-refractivity contribution in [1.29, 1.82) is 0 Å². The first kappa shape index (κ1) is 20.3. The minimum Gasteiger partial charge on any atom is -0.327 e. The Hall–Kier alpha value is -3.03. The van der Waals surface area contributed by atoms with Crippen molar-refractivity contribution >= 4 is 46.6 Å². The number of aromatic nitrogens is 2. The van der Waals surface area contributed by atoms with Crippen LogP contribution in [-0.4, -0.2) is 20.8 Å². The molecule has 8 heteroatoms.